The first-order valence-electron chi connectivity index (χ1n) is 8.88. The van der Waals surface area contributed by atoms with Gasteiger partial charge in [-0.05, 0) is 52.2 Å². The minimum Gasteiger partial charge on any atom is -0.497 e. The molecule has 0 saturated carbocycles. The molecule has 0 radical (unpaired) electrons. The largest absolute Gasteiger partial charge is 0.497 e. The molecule has 0 unspecified atom stereocenters. The fraction of sp³-hybridized carbons (Fsp3) is 0.227. The van der Waals surface area contributed by atoms with Gasteiger partial charge in [0.05, 0.1) is 14.2 Å². The molecule has 0 aliphatic heterocycles. The van der Waals surface area contributed by atoms with Gasteiger partial charge >= 0.3 is 6.03 Å². The molecular weight excluding hydrogens is 359 g/mol. The summed E-state index contributed by atoms with van der Waals surface area (Å²) in [6.45, 7) is 0.701. The van der Waals surface area contributed by atoms with Crippen molar-refractivity contribution in [2.75, 3.05) is 21.3 Å². The van der Waals surface area contributed by atoms with Crippen LogP contribution in [0.2, 0.25) is 0 Å². The van der Waals surface area contributed by atoms with Gasteiger partial charge in [0.1, 0.15) is 5.75 Å². The lowest BCUT2D eigenvalue weighted by Crippen LogP contribution is -2.36. The highest BCUT2D eigenvalue weighted by molar-refractivity contribution is 5.84. The van der Waals surface area contributed by atoms with Gasteiger partial charge in [-0.1, -0.05) is 24.3 Å². The normalized spacial score (nSPS) is 10.6. The van der Waals surface area contributed by atoms with Gasteiger partial charge in [0.25, 0.3) is 0 Å². The number of urea groups is 1. The smallest absolute Gasteiger partial charge is 0.317 e. The number of hydrogen-bond acceptors (Lipinski definition) is 3. The zero-order valence-corrected chi connectivity index (χ0v) is 16.2. The topological polar surface area (TPSA) is 50.8 Å². The van der Waals surface area contributed by atoms with E-state index in [4.69, 9.17) is 9.47 Å². The number of methoxy groups -OCH3 is 2. The molecule has 3 aromatic rings. The molecule has 0 aromatic heterocycles. The Balaban J connectivity index is 1.60. The van der Waals surface area contributed by atoms with E-state index in [1.54, 1.807) is 26.3 Å². The van der Waals surface area contributed by atoms with E-state index in [9.17, 15) is 9.18 Å². The number of fused-ring (bicyclic) bond motifs is 1. The Labute approximate surface area is 163 Å². The molecule has 0 spiro atoms. The van der Waals surface area contributed by atoms with Crippen LogP contribution in [-0.2, 0) is 13.1 Å². The number of halogens is 1. The van der Waals surface area contributed by atoms with Crippen molar-refractivity contribution in [2.24, 2.45) is 0 Å². The molecule has 0 heterocycles. The van der Waals surface area contributed by atoms with E-state index in [-0.39, 0.29) is 11.8 Å². The molecule has 146 valence electrons. The van der Waals surface area contributed by atoms with Crippen LogP contribution in [0.3, 0.4) is 0 Å². The number of carbonyl (C=O) groups is 1. The molecule has 0 atom stereocenters. The maximum absolute atomic E-state index is 13.8. The van der Waals surface area contributed by atoms with Crippen LogP contribution < -0.4 is 14.8 Å². The van der Waals surface area contributed by atoms with Crippen LogP contribution in [0, 0.1) is 5.82 Å². The van der Waals surface area contributed by atoms with Gasteiger partial charge in [0.15, 0.2) is 11.6 Å². The third-order valence-electron chi connectivity index (χ3n) is 4.54. The van der Waals surface area contributed by atoms with Crippen molar-refractivity contribution in [1.82, 2.24) is 10.2 Å². The molecule has 0 aliphatic carbocycles. The summed E-state index contributed by atoms with van der Waals surface area (Å²) < 4.78 is 23.9. The summed E-state index contributed by atoms with van der Waals surface area (Å²) in [6, 6.07) is 16.3. The second kappa shape index (κ2) is 8.61. The molecule has 0 aliphatic rings. The summed E-state index contributed by atoms with van der Waals surface area (Å²) in [4.78, 5) is 13.9. The van der Waals surface area contributed by atoms with E-state index in [0.717, 1.165) is 22.1 Å². The highest BCUT2D eigenvalue weighted by atomic mass is 19.1. The second-order valence-electron chi connectivity index (χ2n) is 6.53. The third kappa shape index (κ3) is 4.52. The molecule has 3 aromatic carbocycles. The van der Waals surface area contributed by atoms with Crippen molar-refractivity contribution in [1.29, 1.82) is 0 Å². The number of nitrogens with zero attached hydrogens (tertiary/aromatic N) is 1. The van der Waals surface area contributed by atoms with E-state index in [1.165, 1.54) is 18.1 Å². The Bertz CT molecular complexity index is 991. The highest BCUT2D eigenvalue weighted by Gasteiger charge is 2.11. The molecular formula is C22H23FN2O3. The molecule has 0 fully saturated rings. The average Bonchev–Trinajstić information content (AvgIpc) is 2.71. The molecule has 28 heavy (non-hydrogen) atoms. The summed E-state index contributed by atoms with van der Waals surface area (Å²) in [5.41, 5.74) is 1.69. The lowest BCUT2D eigenvalue weighted by molar-refractivity contribution is 0.206. The first-order valence-corrected chi connectivity index (χ1v) is 8.88. The number of nitrogens with one attached hydrogen (secondary N) is 1. The summed E-state index contributed by atoms with van der Waals surface area (Å²) in [7, 11) is 4.73. The van der Waals surface area contributed by atoms with Crippen LogP contribution in [0.1, 0.15) is 11.1 Å². The number of carbonyl (C=O) groups excluding carboxylic acids is 1. The van der Waals surface area contributed by atoms with Crippen LogP contribution in [0.25, 0.3) is 10.8 Å². The van der Waals surface area contributed by atoms with Gasteiger partial charge in [-0.15, -0.1) is 0 Å². The summed E-state index contributed by atoms with van der Waals surface area (Å²) in [5, 5.41) is 5.04. The van der Waals surface area contributed by atoms with Crippen molar-refractivity contribution in [3.8, 4) is 11.5 Å². The standard InChI is InChI=1S/C22H23FN2O3/c1-25(14-16-5-9-21(28-3)20(23)11-16)22(26)24-13-15-4-6-18-12-19(27-2)8-7-17(18)10-15/h4-12H,13-14H2,1-3H3,(H,24,26). The quantitative estimate of drug-likeness (QED) is 0.690. The van der Waals surface area contributed by atoms with Gasteiger partial charge in [0.2, 0.25) is 0 Å². The number of hydrogen-bond donors (Lipinski definition) is 1. The van der Waals surface area contributed by atoms with Gasteiger partial charge in [-0.25, -0.2) is 9.18 Å². The second-order valence-corrected chi connectivity index (χ2v) is 6.53. The van der Waals surface area contributed by atoms with Crippen LogP contribution >= 0.6 is 0 Å². The minimum atomic E-state index is -0.443. The molecule has 3 rings (SSSR count). The van der Waals surface area contributed by atoms with Crippen LogP contribution in [0.5, 0.6) is 11.5 Å². The summed E-state index contributed by atoms with van der Waals surface area (Å²) >= 11 is 0. The fourth-order valence-corrected chi connectivity index (χ4v) is 2.98. The Morgan fingerprint density at radius 1 is 0.964 bits per heavy atom. The SMILES string of the molecule is COc1ccc2cc(CNC(=O)N(C)Cc3ccc(OC)c(F)c3)ccc2c1. The fourth-order valence-electron chi connectivity index (χ4n) is 2.98. The Morgan fingerprint density at radius 3 is 2.39 bits per heavy atom. The zero-order chi connectivity index (χ0) is 20.1. The maximum Gasteiger partial charge on any atom is 0.317 e. The van der Waals surface area contributed by atoms with Gasteiger partial charge in [-0.2, -0.15) is 0 Å². The molecule has 5 nitrogen and oxygen atoms in total. The Kier molecular flexibility index (Phi) is 5.99. The molecule has 0 saturated heterocycles. The van der Waals surface area contributed by atoms with Crippen LogP contribution in [0.4, 0.5) is 9.18 Å². The van der Waals surface area contributed by atoms with Crippen LogP contribution in [-0.4, -0.2) is 32.2 Å². The van der Waals surface area contributed by atoms with Crippen molar-refractivity contribution in [2.45, 2.75) is 13.1 Å². The summed E-state index contributed by atoms with van der Waals surface area (Å²) in [5.74, 6) is 0.552. The lowest BCUT2D eigenvalue weighted by Gasteiger charge is -2.18. The molecule has 2 amide bonds. The van der Waals surface area contributed by atoms with Gasteiger partial charge < -0.3 is 19.7 Å². The Morgan fingerprint density at radius 2 is 1.68 bits per heavy atom. The monoisotopic (exact) mass is 382 g/mol. The number of rotatable bonds is 6. The number of amides is 2. The zero-order valence-electron chi connectivity index (χ0n) is 16.2. The Hall–Kier alpha value is -3.28. The first kappa shape index (κ1) is 19.5. The van der Waals surface area contributed by atoms with E-state index in [1.807, 2.05) is 36.4 Å². The first-order chi connectivity index (χ1) is 13.5. The van der Waals surface area contributed by atoms with E-state index >= 15 is 0 Å². The average molecular weight is 382 g/mol. The number of benzene rings is 3. The minimum absolute atomic E-state index is 0.185. The van der Waals surface area contributed by atoms with E-state index < -0.39 is 5.82 Å². The highest BCUT2D eigenvalue weighted by Crippen LogP contribution is 2.22. The van der Waals surface area contributed by atoms with Crippen molar-refractivity contribution in [3.63, 3.8) is 0 Å². The summed E-state index contributed by atoms with van der Waals surface area (Å²) in [6.07, 6.45) is 0. The maximum atomic E-state index is 13.8. The predicted molar refractivity (Wildman–Crippen MR) is 107 cm³/mol. The van der Waals surface area contributed by atoms with Gasteiger partial charge in [-0.3, -0.25) is 0 Å². The molecule has 1 N–H and O–H groups in total. The molecule has 6 heteroatoms. The van der Waals surface area contributed by atoms with Crippen molar-refractivity contribution in [3.05, 3.63) is 71.5 Å². The van der Waals surface area contributed by atoms with Gasteiger partial charge in [0, 0.05) is 20.1 Å². The van der Waals surface area contributed by atoms with Crippen LogP contribution in [0.15, 0.2) is 54.6 Å². The molecule has 0 bridgehead atoms. The third-order valence-corrected chi connectivity index (χ3v) is 4.54. The van der Waals surface area contributed by atoms with Crippen molar-refractivity contribution >= 4 is 16.8 Å². The van der Waals surface area contributed by atoms with E-state index in [0.29, 0.717) is 18.7 Å². The van der Waals surface area contributed by atoms with Crippen molar-refractivity contribution < 1.29 is 18.7 Å². The number of ether oxygens (including phenoxy) is 2. The predicted octanol–water partition coefficient (Wildman–Crippen LogP) is 4.34. The van der Waals surface area contributed by atoms with E-state index in [2.05, 4.69) is 5.32 Å². The lowest BCUT2D eigenvalue weighted by atomic mass is 10.1.